The minimum atomic E-state index is -0.948. The van der Waals surface area contributed by atoms with Gasteiger partial charge in [0.15, 0.2) is 6.17 Å². The van der Waals surface area contributed by atoms with E-state index in [1.165, 1.54) is 55.6 Å². The molecule has 0 atom stereocenters. The number of hydrogen-bond acceptors (Lipinski definition) is 8. The third-order valence-electron chi connectivity index (χ3n) is 4.41. The molecule has 3 aromatic carbocycles. The largest absolute Gasteiger partial charge is 0.497 e. The quantitative estimate of drug-likeness (QED) is 0.226. The normalized spacial score (nSPS) is 10.4. The highest BCUT2D eigenvalue weighted by Gasteiger charge is 2.21. The molecule has 0 aromatic heterocycles. The molecule has 0 fully saturated rings. The Morgan fingerprint density at radius 2 is 1.19 bits per heavy atom. The van der Waals surface area contributed by atoms with Crippen LogP contribution in [-0.2, 0) is 0 Å². The number of hydrogen-bond donors (Lipinski definition) is 2. The Morgan fingerprint density at radius 1 is 0.774 bits per heavy atom. The van der Waals surface area contributed by atoms with Crippen LogP contribution in [0.3, 0.4) is 0 Å². The first kappa shape index (κ1) is 21.2. The van der Waals surface area contributed by atoms with E-state index in [4.69, 9.17) is 4.74 Å². The SMILES string of the molecule is COc1ccc(C(=O)C(Nc2ccc([N+](=O)[O-])cc2)Nc2ccc([N+](=O)[O-])cc2)cc1. The molecule has 0 saturated heterocycles. The molecule has 0 bridgehead atoms. The zero-order valence-electron chi connectivity index (χ0n) is 16.3. The van der Waals surface area contributed by atoms with E-state index in [0.717, 1.165) is 0 Å². The van der Waals surface area contributed by atoms with Gasteiger partial charge in [-0.05, 0) is 48.5 Å². The number of ketones is 1. The Balaban J connectivity index is 1.86. The average Bonchev–Trinajstić information content (AvgIpc) is 2.79. The molecule has 0 heterocycles. The van der Waals surface area contributed by atoms with Gasteiger partial charge in [-0.1, -0.05) is 0 Å². The van der Waals surface area contributed by atoms with Crippen LogP contribution in [0.4, 0.5) is 22.7 Å². The second-order valence-corrected chi connectivity index (χ2v) is 6.42. The van der Waals surface area contributed by atoms with Gasteiger partial charge in [0.25, 0.3) is 11.4 Å². The maximum absolute atomic E-state index is 13.1. The summed E-state index contributed by atoms with van der Waals surface area (Å²) in [5, 5.41) is 27.7. The van der Waals surface area contributed by atoms with Crippen molar-refractivity contribution in [2.24, 2.45) is 0 Å². The molecule has 158 valence electrons. The average molecular weight is 422 g/mol. The molecule has 0 saturated carbocycles. The summed E-state index contributed by atoms with van der Waals surface area (Å²) in [5.41, 5.74) is 1.20. The lowest BCUT2D eigenvalue weighted by Crippen LogP contribution is -2.37. The third kappa shape index (κ3) is 5.32. The van der Waals surface area contributed by atoms with Gasteiger partial charge in [0.1, 0.15) is 5.75 Å². The van der Waals surface area contributed by atoms with Crippen molar-refractivity contribution in [3.8, 4) is 5.75 Å². The van der Waals surface area contributed by atoms with Gasteiger partial charge in [0, 0.05) is 41.2 Å². The van der Waals surface area contributed by atoms with Gasteiger partial charge in [-0.25, -0.2) is 0 Å². The summed E-state index contributed by atoms with van der Waals surface area (Å²) >= 11 is 0. The van der Waals surface area contributed by atoms with E-state index in [-0.39, 0.29) is 17.2 Å². The van der Waals surface area contributed by atoms with Crippen molar-refractivity contribution < 1.29 is 19.4 Å². The molecular formula is C21H18N4O6. The van der Waals surface area contributed by atoms with Crippen molar-refractivity contribution in [2.45, 2.75) is 6.17 Å². The maximum Gasteiger partial charge on any atom is 0.269 e. The number of Topliss-reactive ketones (excluding diaryl/α,β-unsaturated/α-hetero) is 1. The van der Waals surface area contributed by atoms with Gasteiger partial charge in [-0.15, -0.1) is 0 Å². The van der Waals surface area contributed by atoms with Crippen molar-refractivity contribution in [1.82, 2.24) is 0 Å². The molecule has 0 amide bonds. The fraction of sp³-hybridized carbons (Fsp3) is 0.0952. The number of nitro groups is 2. The van der Waals surface area contributed by atoms with Crippen LogP contribution in [0.1, 0.15) is 10.4 Å². The molecule has 0 spiro atoms. The molecule has 0 unspecified atom stereocenters. The number of nitro benzene ring substituents is 2. The predicted molar refractivity (Wildman–Crippen MR) is 115 cm³/mol. The van der Waals surface area contributed by atoms with Crippen LogP contribution in [0.5, 0.6) is 5.75 Å². The van der Waals surface area contributed by atoms with Gasteiger partial charge in [-0.3, -0.25) is 25.0 Å². The lowest BCUT2D eigenvalue weighted by molar-refractivity contribution is -0.385. The number of methoxy groups -OCH3 is 1. The van der Waals surface area contributed by atoms with Gasteiger partial charge >= 0.3 is 0 Å². The summed E-state index contributed by atoms with van der Waals surface area (Å²) in [7, 11) is 1.52. The molecule has 10 heteroatoms. The van der Waals surface area contributed by atoms with Crippen LogP contribution in [-0.4, -0.2) is 28.9 Å². The van der Waals surface area contributed by atoms with Crippen LogP contribution in [0.25, 0.3) is 0 Å². The summed E-state index contributed by atoms with van der Waals surface area (Å²) in [6.45, 7) is 0. The van der Waals surface area contributed by atoms with E-state index >= 15 is 0 Å². The van der Waals surface area contributed by atoms with E-state index in [1.54, 1.807) is 24.3 Å². The zero-order chi connectivity index (χ0) is 22.4. The lowest BCUT2D eigenvalue weighted by atomic mass is 10.1. The van der Waals surface area contributed by atoms with Gasteiger partial charge in [0.05, 0.1) is 17.0 Å². The Hall–Kier alpha value is -4.47. The maximum atomic E-state index is 13.1. The topological polar surface area (TPSA) is 137 Å². The second-order valence-electron chi connectivity index (χ2n) is 6.42. The van der Waals surface area contributed by atoms with Crippen molar-refractivity contribution in [2.75, 3.05) is 17.7 Å². The smallest absolute Gasteiger partial charge is 0.269 e. The van der Waals surface area contributed by atoms with Crippen molar-refractivity contribution in [3.63, 3.8) is 0 Å². The summed E-state index contributed by atoms with van der Waals surface area (Å²) in [5.74, 6) is 0.291. The van der Waals surface area contributed by atoms with Crippen LogP contribution in [0.2, 0.25) is 0 Å². The Bertz CT molecular complexity index is 1020. The molecule has 31 heavy (non-hydrogen) atoms. The minimum absolute atomic E-state index is 0.0769. The number of ether oxygens (including phenoxy) is 1. The highest BCUT2D eigenvalue weighted by Crippen LogP contribution is 2.21. The number of carbonyl (C=O) groups excluding carboxylic acids is 1. The molecule has 0 aliphatic heterocycles. The first-order valence-electron chi connectivity index (χ1n) is 9.07. The Morgan fingerprint density at radius 3 is 1.55 bits per heavy atom. The van der Waals surface area contributed by atoms with E-state index < -0.39 is 16.0 Å². The fourth-order valence-corrected chi connectivity index (χ4v) is 2.78. The fourth-order valence-electron chi connectivity index (χ4n) is 2.78. The highest BCUT2D eigenvalue weighted by atomic mass is 16.6. The molecule has 10 nitrogen and oxygen atoms in total. The predicted octanol–water partition coefficient (Wildman–Crippen LogP) is 4.24. The number of benzene rings is 3. The summed E-state index contributed by atoms with van der Waals surface area (Å²) < 4.78 is 5.11. The molecule has 0 aliphatic carbocycles. The standard InChI is InChI=1S/C21H18N4O6/c1-31-19-12-2-14(3-13-19)20(26)21(22-15-4-8-17(9-5-15)24(27)28)23-16-6-10-18(11-7-16)25(29)30/h2-13,21-23H,1H3. The van der Waals surface area contributed by atoms with Crippen molar-refractivity contribution >= 4 is 28.5 Å². The van der Waals surface area contributed by atoms with Crippen LogP contribution >= 0.6 is 0 Å². The number of carbonyl (C=O) groups is 1. The molecule has 3 aromatic rings. The van der Waals surface area contributed by atoms with Crippen LogP contribution in [0.15, 0.2) is 72.8 Å². The summed E-state index contributed by atoms with van der Waals surface area (Å²) in [6, 6.07) is 17.8. The summed E-state index contributed by atoms with van der Waals surface area (Å²) in [6.07, 6.45) is -0.948. The number of anilines is 2. The molecule has 2 N–H and O–H groups in total. The summed E-state index contributed by atoms with van der Waals surface area (Å²) in [4.78, 5) is 33.8. The number of nitrogens with zero attached hydrogens (tertiary/aromatic N) is 2. The second kappa shape index (κ2) is 9.35. The lowest BCUT2D eigenvalue weighted by Gasteiger charge is -2.21. The monoisotopic (exact) mass is 422 g/mol. The van der Waals surface area contributed by atoms with Gasteiger partial charge in [0.2, 0.25) is 5.78 Å². The third-order valence-corrected chi connectivity index (χ3v) is 4.41. The molecule has 0 radical (unpaired) electrons. The molecule has 0 aliphatic rings. The van der Waals surface area contributed by atoms with Gasteiger partial charge in [-0.2, -0.15) is 0 Å². The zero-order valence-corrected chi connectivity index (χ0v) is 16.3. The highest BCUT2D eigenvalue weighted by molar-refractivity contribution is 6.03. The Labute approximate surface area is 176 Å². The van der Waals surface area contributed by atoms with Crippen molar-refractivity contribution in [3.05, 3.63) is 98.6 Å². The van der Waals surface area contributed by atoms with Crippen LogP contribution in [0, 0.1) is 20.2 Å². The van der Waals surface area contributed by atoms with E-state index in [2.05, 4.69) is 10.6 Å². The first-order chi connectivity index (χ1) is 14.9. The molecule has 3 rings (SSSR count). The van der Waals surface area contributed by atoms with Gasteiger partial charge < -0.3 is 15.4 Å². The number of rotatable bonds is 9. The van der Waals surface area contributed by atoms with E-state index in [9.17, 15) is 25.0 Å². The molecular weight excluding hydrogens is 404 g/mol. The van der Waals surface area contributed by atoms with Crippen molar-refractivity contribution in [1.29, 1.82) is 0 Å². The van der Waals surface area contributed by atoms with E-state index in [0.29, 0.717) is 22.7 Å². The first-order valence-corrected chi connectivity index (χ1v) is 9.07. The van der Waals surface area contributed by atoms with Crippen LogP contribution < -0.4 is 15.4 Å². The number of non-ortho nitro benzene ring substituents is 2. The number of nitrogens with one attached hydrogen (secondary N) is 2. The minimum Gasteiger partial charge on any atom is -0.497 e. The Kier molecular flexibility index (Phi) is 6.41. The van der Waals surface area contributed by atoms with E-state index in [1.807, 2.05) is 0 Å².